The molecule has 0 radical (unpaired) electrons. The van der Waals surface area contributed by atoms with E-state index in [4.69, 9.17) is 4.74 Å². The zero-order valence-electron chi connectivity index (χ0n) is 15.0. The topological polar surface area (TPSA) is 75.7 Å². The number of methoxy groups -OCH3 is 1. The van der Waals surface area contributed by atoms with Crippen molar-refractivity contribution in [3.8, 4) is 5.75 Å². The van der Waals surface area contributed by atoms with Crippen LogP contribution in [0.25, 0.3) is 0 Å². The number of ether oxygens (including phenoxy) is 1. The Bertz CT molecular complexity index is 675. The van der Waals surface area contributed by atoms with Gasteiger partial charge in [-0.3, -0.25) is 4.79 Å². The van der Waals surface area contributed by atoms with Crippen molar-refractivity contribution in [1.82, 2.24) is 9.62 Å². The van der Waals surface area contributed by atoms with Gasteiger partial charge in [-0.15, -0.1) is 0 Å². The molecule has 1 aromatic carbocycles. The van der Waals surface area contributed by atoms with Gasteiger partial charge in [0, 0.05) is 19.6 Å². The van der Waals surface area contributed by atoms with Crippen LogP contribution in [0.2, 0.25) is 0 Å². The van der Waals surface area contributed by atoms with Gasteiger partial charge in [-0.25, -0.2) is 12.7 Å². The first-order valence-corrected chi connectivity index (χ1v) is 10.5. The predicted molar refractivity (Wildman–Crippen MR) is 98.1 cm³/mol. The number of carbonyl (C=O) groups excluding carboxylic acids is 1. The molecule has 1 unspecified atom stereocenters. The van der Waals surface area contributed by atoms with Crippen molar-refractivity contribution in [3.05, 3.63) is 29.8 Å². The third-order valence-corrected chi connectivity index (χ3v) is 6.48. The van der Waals surface area contributed by atoms with E-state index in [1.165, 1.54) is 4.31 Å². The molecule has 0 aromatic heterocycles. The number of piperidine rings is 1. The summed E-state index contributed by atoms with van der Waals surface area (Å²) in [5, 5.41) is 2.95. The zero-order valence-corrected chi connectivity index (χ0v) is 15.8. The summed E-state index contributed by atoms with van der Waals surface area (Å²) in [5.74, 6) is 0.652. The Labute approximate surface area is 150 Å². The molecule has 1 heterocycles. The summed E-state index contributed by atoms with van der Waals surface area (Å²) in [6.45, 7) is 3.03. The average molecular weight is 368 g/mol. The van der Waals surface area contributed by atoms with Crippen molar-refractivity contribution in [2.75, 3.05) is 32.5 Å². The van der Waals surface area contributed by atoms with Gasteiger partial charge >= 0.3 is 0 Å². The van der Waals surface area contributed by atoms with Crippen LogP contribution >= 0.6 is 0 Å². The second-order valence-electron chi connectivity index (χ2n) is 6.30. The summed E-state index contributed by atoms with van der Waals surface area (Å²) in [6.07, 6.45) is 3.12. The van der Waals surface area contributed by atoms with E-state index in [-0.39, 0.29) is 17.6 Å². The number of aryl methyl sites for hydroxylation is 1. The van der Waals surface area contributed by atoms with E-state index in [2.05, 4.69) is 5.32 Å². The lowest BCUT2D eigenvalue weighted by molar-refractivity contribution is -0.126. The highest BCUT2D eigenvalue weighted by Crippen LogP contribution is 2.20. The molecule has 1 atom stereocenters. The second kappa shape index (κ2) is 9.20. The van der Waals surface area contributed by atoms with Gasteiger partial charge in [0.1, 0.15) is 5.75 Å². The van der Waals surface area contributed by atoms with E-state index >= 15 is 0 Å². The van der Waals surface area contributed by atoms with E-state index in [1.54, 1.807) is 14.0 Å². The smallest absolute Gasteiger partial charge is 0.224 e. The summed E-state index contributed by atoms with van der Waals surface area (Å²) in [5.41, 5.74) is 1.12. The van der Waals surface area contributed by atoms with Crippen LogP contribution in [0.3, 0.4) is 0 Å². The standard InChI is InChI=1S/C18H28N2O4S/c1-3-25(22,23)20-13-7-10-16(14-20)18(21)19-12-6-9-15-8-4-5-11-17(15)24-2/h4-5,8,11,16H,3,6-7,9-10,12-14H2,1-2H3,(H,19,21). The van der Waals surface area contributed by atoms with E-state index in [9.17, 15) is 13.2 Å². The first-order chi connectivity index (χ1) is 12.0. The highest BCUT2D eigenvalue weighted by atomic mass is 32.2. The summed E-state index contributed by atoms with van der Waals surface area (Å²) in [4.78, 5) is 12.3. The van der Waals surface area contributed by atoms with Crippen LogP contribution < -0.4 is 10.1 Å². The highest BCUT2D eigenvalue weighted by molar-refractivity contribution is 7.89. The molecule has 1 aromatic rings. The number of rotatable bonds is 8. The molecule has 1 aliphatic heterocycles. The molecule has 0 spiro atoms. The molecule has 25 heavy (non-hydrogen) atoms. The fraction of sp³-hybridized carbons (Fsp3) is 0.611. The minimum Gasteiger partial charge on any atom is -0.496 e. The van der Waals surface area contributed by atoms with Crippen molar-refractivity contribution in [3.63, 3.8) is 0 Å². The maximum atomic E-state index is 12.3. The van der Waals surface area contributed by atoms with Crippen LogP contribution in [0.5, 0.6) is 5.75 Å². The molecule has 1 N–H and O–H groups in total. The largest absolute Gasteiger partial charge is 0.496 e. The molecular weight excluding hydrogens is 340 g/mol. The van der Waals surface area contributed by atoms with Gasteiger partial charge in [0.15, 0.2) is 0 Å². The number of nitrogens with one attached hydrogen (secondary N) is 1. The lowest BCUT2D eigenvalue weighted by Crippen LogP contribution is -2.46. The summed E-state index contributed by atoms with van der Waals surface area (Å²) in [7, 11) is -1.56. The van der Waals surface area contributed by atoms with E-state index in [0.717, 1.165) is 37.0 Å². The minimum atomic E-state index is -3.22. The number of amides is 1. The molecule has 1 aliphatic rings. The van der Waals surface area contributed by atoms with Crippen molar-refractivity contribution < 1.29 is 17.9 Å². The Morgan fingerprint density at radius 2 is 2.12 bits per heavy atom. The van der Waals surface area contributed by atoms with E-state index in [1.807, 2.05) is 24.3 Å². The summed E-state index contributed by atoms with van der Waals surface area (Å²) in [6, 6.07) is 7.86. The monoisotopic (exact) mass is 368 g/mol. The molecule has 1 saturated heterocycles. The summed E-state index contributed by atoms with van der Waals surface area (Å²) < 4.78 is 30.7. The zero-order chi connectivity index (χ0) is 18.3. The number of hydrogen-bond donors (Lipinski definition) is 1. The van der Waals surface area contributed by atoms with Gasteiger partial charge in [0.2, 0.25) is 15.9 Å². The van der Waals surface area contributed by atoms with Gasteiger partial charge < -0.3 is 10.1 Å². The van der Waals surface area contributed by atoms with Crippen molar-refractivity contribution in [2.24, 2.45) is 5.92 Å². The third-order valence-electron chi connectivity index (χ3n) is 4.63. The fourth-order valence-corrected chi connectivity index (χ4v) is 4.32. The van der Waals surface area contributed by atoms with Gasteiger partial charge in [-0.1, -0.05) is 18.2 Å². The average Bonchev–Trinajstić information content (AvgIpc) is 2.65. The van der Waals surface area contributed by atoms with Gasteiger partial charge in [-0.2, -0.15) is 0 Å². The summed E-state index contributed by atoms with van der Waals surface area (Å²) >= 11 is 0. The predicted octanol–water partition coefficient (Wildman–Crippen LogP) is 1.81. The lowest BCUT2D eigenvalue weighted by atomic mass is 9.99. The molecule has 2 rings (SSSR count). The maximum absolute atomic E-state index is 12.3. The SMILES string of the molecule is CCS(=O)(=O)N1CCCC(C(=O)NCCCc2ccccc2OC)C1. The highest BCUT2D eigenvalue weighted by Gasteiger charge is 2.31. The number of carbonyl (C=O) groups is 1. The number of para-hydroxylation sites is 1. The van der Waals surface area contributed by atoms with Crippen LogP contribution in [0.15, 0.2) is 24.3 Å². The van der Waals surface area contributed by atoms with Crippen LogP contribution in [0.4, 0.5) is 0 Å². The molecule has 1 amide bonds. The number of nitrogens with zero attached hydrogens (tertiary/aromatic N) is 1. The van der Waals surface area contributed by atoms with Crippen molar-refractivity contribution in [2.45, 2.75) is 32.6 Å². The number of hydrogen-bond acceptors (Lipinski definition) is 4. The quantitative estimate of drug-likeness (QED) is 0.710. The molecule has 0 bridgehead atoms. The van der Waals surface area contributed by atoms with Crippen LogP contribution in [0, 0.1) is 5.92 Å². The Balaban J connectivity index is 1.78. The maximum Gasteiger partial charge on any atom is 0.224 e. The third kappa shape index (κ3) is 5.44. The number of sulfonamides is 1. The normalized spacial score (nSPS) is 18.7. The molecule has 0 aliphatic carbocycles. The van der Waals surface area contributed by atoms with E-state index < -0.39 is 10.0 Å². The van der Waals surface area contributed by atoms with Gasteiger partial charge in [-0.05, 0) is 44.2 Å². The Morgan fingerprint density at radius 1 is 1.36 bits per heavy atom. The number of benzene rings is 1. The Morgan fingerprint density at radius 3 is 2.84 bits per heavy atom. The molecule has 0 saturated carbocycles. The second-order valence-corrected chi connectivity index (χ2v) is 8.56. The van der Waals surface area contributed by atoms with Crippen LogP contribution in [-0.2, 0) is 21.2 Å². The fourth-order valence-electron chi connectivity index (χ4n) is 3.14. The molecular formula is C18H28N2O4S. The van der Waals surface area contributed by atoms with Crippen molar-refractivity contribution >= 4 is 15.9 Å². The first-order valence-electron chi connectivity index (χ1n) is 8.85. The molecule has 6 nitrogen and oxygen atoms in total. The Hall–Kier alpha value is -1.60. The Kier molecular flexibility index (Phi) is 7.25. The van der Waals surface area contributed by atoms with Gasteiger partial charge in [0.05, 0.1) is 18.8 Å². The lowest BCUT2D eigenvalue weighted by Gasteiger charge is -2.30. The molecule has 7 heteroatoms. The van der Waals surface area contributed by atoms with Crippen LogP contribution in [-0.4, -0.2) is 51.1 Å². The van der Waals surface area contributed by atoms with E-state index in [0.29, 0.717) is 19.6 Å². The van der Waals surface area contributed by atoms with Gasteiger partial charge in [0.25, 0.3) is 0 Å². The van der Waals surface area contributed by atoms with Crippen molar-refractivity contribution in [1.29, 1.82) is 0 Å². The van der Waals surface area contributed by atoms with Crippen LogP contribution in [0.1, 0.15) is 31.7 Å². The first kappa shape index (κ1) is 19.7. The minimum absolute atomic E-state index is 0.0453. The molecule has 1 fully saturated rings. The molecule has 140 valence electrons.